The number of hydrogen-bond donors (Lipinski definition) is 1. The van der Waals surface area contributed by atoms with Crippen LogP contribution in [0.1, 0.15) is 37.1 Å². The van der Waals surface area contributed by atoms with Crippen LogP contribution >= 0.6 is 11.3 Å². The van der Waals surface area contributed by atoms with Crippen LogP contribution in [0, 0.1) is 5.92 Å². The number of nitrogens with zero attached hydrogens (tertiary/aromatic N) is 2. The van der Waals surface area contributed by atoms with Gasteiger partial charge in [-0.05, 0) is 37.2 Å². The van der Waals surface area contributed by atoms with E-state index in [2.05, 4.69) is 24.1 Å². The summed E-state index contributed by atoms with van der Waals surface area (Å²) >= 11 is 1.62. The van der Waals surface area contributed by atoms with E-state index in [9.17, 15) is 9.59 Å². The summed E-state index contributed by atoms with van der Waals surface area (Å²) in [5.41, 5.74) is 1.08. The number of aromatic nitrogens is 2. The molecule has 1 aliphatic carbocycles. The molecule has 5 nitrogen and oxygen atoms in total. The third kappa shape index (κ3) is 2.92. The molecule has 0 bridgehead atoms. The van der Waals surface area contributed by atoms with Crippen LogP contribution in [0.25, 0.3) is 10.2 Å². The van der Waals surface area contributed by atoms with Crippen molar-refractivity contribution < 1.29 is 4.79 Å². The van der Waals surface area contributed by atoms with Gasteiger partial charge in [0, 0.05) is 11.4 Å². The van der Waals surface area contributed by atoms with E-state index in [1.807, 2.05) is 0 Å². The van der Waals surface area contributed by atoms with Crippen LogP contribution in [0.3, 0.4) is 0 Å². The molecule has 0 fully saturated rings. The molecule has 6 heteroatoms. The van der Waals surface area contributed by atoms with Gasteiger partial charge in [0.1, 0.15) is 11.4 Å². The average Bonchev–Trinajstić information content (AvgIpc) is 3.01. The van der Waals surface area contributed by atoms with Gasteiger partial charge in [0.05, 0.1) is 11.7 Å². The maximum absolute atomic E-state index is 12.6. The fourth-order valence-electron chi connectivity index (χ4n) is 2.84. The van der Waals surface area contributed by atoms with Crippen molar-refractivity contribution in [2.75, 3.05) is 6.54 Å². The quantitative estimate of drug-likeness (QED) is 0.918. The van der Waals surface area contributed by atoms with E-state index in [0.717, 1.165) is 41.5 Å². The van der Waals surface area contributed by atoms with Crippen LogP contribution in [0.4, 0.5) is 0 Å². The van der Waals surface area contributed by atoms with Gasteiger partial charge >= 0.3 is 0 Å². The Kier molecular flexibility index (Phi) is 4.29. The number of amides is 1. The van der Waals surface area contributed by atoms with Crippen molar-refractivity contribution in [3.63, 3.8) is 0 Å². The number of nitrogens with one attached hydrogen (secondary N) is 1. The summed E-state index contributed by atoms with van der Waals surface area (Å²) in [6, 6.07) is 0. The van der Waals surface area contributed by atoms with E-state index in [1.54, 1.807) is 11.3 Å². The molecule has 3 rings (SSSR count). The minimum atomic E-state index is -0.129. The Morgan fingerprint density at radius 1 is 1.45 bits per heavy atom. The third-order valence-electron chi connectivity index (χ3n) is 4.05. The van der Waals surface area contributed by atoms with E-state index < -0.39 is 0 Å². The van der Waals surface area contributed by atoms with Gasteiger partial charge in [0.25, 0.3) is 5.56 Å². The number of aryl methyl sites for hydroxylation is 2. The molecule has 0 spiro atoms. The molecule has 1 amide bonds. The highest BCUT2D eigenvalue weighted by atomic mass is 32.1. The number of hydrogen-bond acceptors (Lipinski definition) is 4. The summed E-state index contributed by atoms with van der Waals surface area (Å²) in [5.74, 6) is 0.421. The molecule has 2 heterocycles. The first-order chi connectivity index (χ1) is 10.6. The maximum atomic E-state index is 12.6. The number of thiophene rings is 1. The van der Waals surface area contributed by atoms with Crippen LogP contribution < -0.4 is 10.9 Å². The van der Waals surface area contributed by atoms with Gasteiger partial charge < -0.3 is 5.32 Å². The topological polar surface area (TPSA) is 64.0 Å². The number of rotatable bonds is 5. The van der Waals surface area contributed by atoms with Gasteiger partial charge in [-0.1, -0.05) is 13.8 Å². The summed E-state index contributed by atoms with van der Waals surface area (Å²) in [4.78, 5) is 31.0. The Balaban J connectivity index is 1.78. The smallest absolute Gasteiger partial charge is 0.262 e. The Morgan fingerprint density at radius 3 is 3.05 bits per heavy atom. The van der Waals surface area contributed by atoms with E-state index in [-0.39, 0.29) is 18.0 Å². The van der Waals surface area contributed by atoms with Gasteiger partial charge in [-0.15, -0.1) is 11.3 Å². The highest BCUT2D eigenvalue weighted by Crippen LogP contribution is 2.34. The summed E-state index contributed by atoms with van der Waals surface area (Å²) in [6.07, 6.45) is 5.55. The zero-order chi connectivity index (χ0) is 15.7. The van der Waals surface area contributed by atoms with Gasteiger partial charge in [-0.2, -0.15) is 0 Å². The largest absolute Gasteiger partial charge is 0.355 e. The molecule has 0 aliphatic heterocycles. The predicted octanol–water partition coefficient (Wildman–Crippen LogP) is 2.11. The van der Waals surface area contributed by atoms with Crippen LogP contribution in [-0.2, 0) is 24.2 Å². The molecule has 0 atom stereocenters. The Hall–Kier alpha value is -1.69. The minimum Gasteiger partial charge on any atom is -0.355 e. The van der Waals surface area contributed by atoms with Crippen LogP contribution in [0.5, 0.6) is 0 Å². The maximum Gasteiger partial charge on any atom is 0.262 e. The Morgan fingerprint density at radius 2 is 2.27 bits per heavy atom. The van der Waals surface area contributed by atoms with Gasteiger partial charge in [0.2, 0.25) is 5.91 Å². The second kappa shape index (κ2) is 6.20. The number of carbonyl (C=O) groups is 1. The molecule has 1 N–H and O–H groups in total. The Bertz CT molecular complexity index is 761. The molecule has 0 aromatic carbocycles. The predicted molar refractivity (Wildman–Crippen MR) is 88.4 cm³/mol. The Labute approximate surface area is 133 Å². The molecular weight excluding hydrogens is 298 g/mol. The molecular formula is C16H21N3O2S. The van der Waals surface area contributed by atoms with Crippen LogP contribution in [0.15, 0.2) is 11.1 Å². The number of carbonyl (C=O) groups excluding carboxylic acids is 1. The minimum absolute atomic E-state index is 0.0461. The molecule has 0 unspecified atom stereocenters. The lowest BCUT2D eigenvalue weighted by atomic mass is 10.1. The van der Waals surface area contributed by atoms with Crippen LogP contribution in [0.2, 0.25) is 0 Å². The van der Waals surface area contributed by atoms with E-state index in [1.165, 1.54) is 15.8 Å². The summed E-state index contributed by atoms with van der Waals surface area (Å²) in [5, 5.41) is 3.59. The summed E-state index contributed by atoms with van der Waals surface area (Å²) in [6.45, 7) is 4.93. The highest BCUT2D eigenvalue weighted by Gasteiger charge is 2.21. The second-order valence-electron chi connectivity index (χ2n) is 6.25. The van der Waals surface area contributed by atoms with Crippen molar-refractivity contribution in [3.8, 4) is 0 Å². The third-order valence-corrected chi connectivity index (χ3v) is 5.25. The first kappa shape index (κ1) is 15.2. The van der Waals surface area contributed by atoms with Crippen molar-refractivity contribution in [2.45, 2.75) is 46.1 Å². The normalized spacial score (nSPS) is 13.8. The zero-order valence-electron chi connectivity index (χ0n) is 13.0. The molecule has 0 saturated heterocycles. The fourth-order valence-corrected chi connectivity index (χ4v) is 4.06. The molecule has 2 aromatic rings. The van der Waals surface area contributed by atoms with E-state index >= 15 is 0 Å². The van der Waals surface area contributed by atoms with Crippen molar-refractivity contribution in [1.82, 2.24) is 14.9 Å². The van der Waals surface area contributed by atoms with E-state index in [0.29, 0.717) is 12.5 Å². The van der Waals surface area contributed by atoms with Crippen molar-refractivity contribution in [3.05, 3.63) is 27.1 Å². The lowest BCUT2D eigenvalue weighted by Crippen LogP contribution is -2.33. The SMILES string of the molecule is CC(C)CCNC(=O)Cn1cnc2sc3c(c2c1=O)CCC3. The standard InChI is InChI=1S/C16H21N3O2S/c1-10(2)6-7-17-13(20)8-19-9-18-15-14(16(19)21)11-4-3-5-12(11)22-15/h9-10H,3-8H2,1-2H3,(H,17,20). The molecule has 2 aromatic heterocycles. The lowest BCUT2D eigenvalue weighted by molar-refractivity contribution is -0.121. The average molecular weight is 319 g/mol. The van der Waals surface area contributed by atoms with Crippen molar-refractivity contribution in [2.24, 2.45) is 5.92 Å². The summed E-state index contributed by atoms with van der Waals surface area (Å²) < 4.78 is 1.43. The van der Waals surface area contributed by atoms with Gasteiger partial charge in [0.15, 0.2) is 0 Å². The van der Waals surface area contributed by atoms with Crippen LogP contribution in [-0.4, -0.2) is 22.0 Å². The first-order valence-corrected chi connectivity index (χ1v) is 8.64. The molecule has 0 saturated carbocycles. The van der Waals surface area contributed by atoms with Gasteiger partial charge in [-0.25, -0.2) is 4.98 Å². The molecule has 1 aliphatic rings. The molecule has 22 heavy (non-hydrogen) atoms. The van der Waals surface area contributed by atoms with Crippen molar-refractivity contribution in [1.29, 1.82) is 0 Å². The second-order valence-corrected chi connectivity index (χ2v) is 7.33. The fraction of sp³-hybridized carbons (Fsp3) is 0.562. The monoisotopic (exact) mass is 319 g/mol. The van der Waals surface area contributed by atoms with Gasteiger partial charge in [-0.3, -0.25) is 14.2 Å². The molecule has 0 radical (unpaired) electrons. The first-order valence-electron chi connectivity index (χ1n) is 7.82. The molecule has 118 valence electrons. The van der Waals surface area contributed by atoms with E-state index in [4.69, 9.17) is 0 Å². The highest BCUT2D eigenvalue weighted by molar-refractivity contribution is 7.18. The van der Waals surface area contributed by atoms with Crippen molar-refractivity contribution >= 4 is 27.5 Å². The zero-order valence-corrected chi connectivity index (χ0v) is 13.8. The number of fused-ring (bicyclic) bond motifs is 3. The summed E-state index contributed by atoms with van der Waals surface area (Å²) in [7, 11) is 0. The lowest BCUT2D eigenvalue weighted by Gasteiger charge is -2.08.